The monoisotopic (exact) mass is 287 g/mol. The van der Waals surface area contributed by atoms with Crippen molar-refractivity contribution in [2.75, 3.05) is 5.73 Å². The van der Waals surface area contributed by atoms with Gasteiger partial charge in [0.15, 0.2) is 0 Å². The molecule has 0 amide bonds. The summed E-state index contributed by atoms with van der Waals surface area (Å²) in [7, 11) is 0. The molecule has 0 atom stereocenters. The Morgan fingerprint density at radius 1 is 1.50 bits per heavy atom. The molecule has 0 radical (unpaired) electrons. The molecule has 18 heavy (non-hydrogen) atoms. The normalized spacial score (nSPS) is 9.61. The molecular formula is C9H11N3Na2O3S. The van der Waals surface area contributed by atoms with Gasteiger partial charge in [-0.3, -0.25) is 4.79 Å². The number of nitrogens with zero attached hydrogens (tertiary/aromatic N) is 1. The van der Waals surface area contributed by atoms with E-state index in [-0.39, 0.29) is 70.3 Å². The quantitative estimate of drug-likeness (QED) is 0.647. The van der Waals surface area contributed by atoms with Gasteiger partial charge < -0.3 is 15.8 Å². The van der Waals surface area contributed by atoms with Crippen LogP contribution < -0.4 is 11.3 Å². The molecule has 0 aliphatic heterocycles. The summed E-state index contributed by atoms with van der Waals surface area (Å²) in [4.78, 5) is 29.6. The molecule has 0 fully saturated rings. The Balaban J connectivity index is 0.00000144. The summed E-state index contributed by atoms with van der Waals surface area (Å²) >= 11 is 1.25. The molecule has 0 spiro atoms. The van der Waals surface area contributed by atoms with Crippen molar-refractivity contribution in [2.45, 2.75) is 13.3 Å². The van der Waals surface area contributed by atoms with E-state index < -0.39 is 11.5 Å². The van der Waals surface area contributed by atoms with Crippen LogP contribution in [0.25, 0.3) is 10.2 Å². The number of nitrogens with one attached hydrogen (secondary N) is 1. The molecule has 6 nitrogen and oxygen atoms in total. The van der Waals surface area contributed by atoms with E-state index in [9.17, 15) is 9.59 Å². The summed E-state index contributed by atoms with van der Waals surface area (Å²) in [5.41, 5.74) is 5.67. The van der Waals surface area contributed by atoms with Gasteiger partial charge in [0.1, 0.15) is 4.83 Å². The third kappa shape index (κ3) is 3.16. The second-order valence-corrected chi connectivity index (χ2v) is 4.28. The summed E-state index contributed by atoms with van der Waals surface area (Å²) < 4.78 is 0. The first-order valence-corrected chi connectivity index (χ1v) is 5.40. The third-order valence-corrected chi connectivity index (χ3v) is 3.44. The predicted molar refractivity (Wildman–Crippen MR) is 75.3 cm³/mol. The van der Waals surface area contributed by atoms with E-state index in [0.29, 0.717) is 16.9 Å². The maximum atomic E-state index is 11.6. The number of carboxylic acid groups (broad SMARTS) is 1. The molecule has 0 saturated carbocycles. The molecule has 4 N–H and O–H groups in total. The molecule has 0 bridgehead atoms. The van der Waals surface area contributed by atoms with E-state index >= 15 is 0 Å². The summed E-state index contributed by atoms with van der Waals surface area (Å²) in [5, 5.41) is 9.03. The average Bonchev–Trinajstić information content (AvgIpc) is 2.55. The molecule has 2 aromatic heterocycles. The number of nitrogens with two attached hydrogens (primary N) is 1. The number of fused-ring (bicyclic) bond motifs is 1. The number of nitrogen functional groups attached to an aromatic ring is 1. The fourth-order valence-electron chi connectivity index (χ4n) is 1.44. The Morgan fingerprint density at radius 2 is 2.11 bits per heavy atom. The van der Waals surface area contributed by atoms with E-state index in [2.05, 4.69) is 9.97 Å². The van der Waals surface area contributed by atoms with Crippen LogP contribution in [0.4, 0.5) is 5.69 Å². The number of anilines is 1. The first-order chi connectivity index (χ1) is 7.54. The van der Waals surface area contributed by atoms with E-state index in [4.69, 9.17) is 10.8 Å². The Bertz CT molecular complexity index is 638. The molecule has 2 aromatic rings. The fourth-order valence-corrected chi connectivity index (χ4v) is 2.47. The molecule has 0 aliphatic rings. The Labute approximate surface area is 151 Å². The minimum absolute atomic E-state index is 0. The van der Waals surface area contributed by atoms with Crippen molar-refractivity contribution in [3.05, 3.63) is 21.1 Å². The van der Waals surface area contributed by atoms with Crippen molar-refractivity contribution in [1.82, 2.24) is 9.97 Å². The van der Waals surface area contributed by atoms with Crippen molar-refractivity contribution in [1.29, 1.82) is 0 Å². The molecule has 0 unspecified atom stereocenters. The summed E-state index contributed by atoms with van der Waals surface area (Å²) in [6.45, 7) is 1.91. The van der Waals surface area contributed by atoms with Gasteiger partial charge in [-0.1, -0.05) is 6.92 Å². The van der Waals surface area contributed by atoms with Crippen LogP contribution in [0.15, 0.2) is 4.79 Å². The second-order valence-electron chi connectivity index (χ2n) is 3.19. The topological polar surface area (TPSA) is 109 Å². The van der Waals surface area contributed by atoms with Crippen LogP contribution in [0, 0.1) is 0 Å². The van der Waals surface area contributed by atoms with Gasteiger partial charge in [0.2, 0.25) is 5.82 Å². The fraction of sp³-hybridized carbons (Fsp3) is 0.222. The Morgan fingerprint density at radius 3 is 2.61 bits per heavy atom. The molecular weight excluding hydrogens is 276 g/mol. The van der Waals surface area contributed by atoms with Gasteiger partial charge in [-0.2, -0.15) is 0 Å². The van der Waals surface area contributed by atoms with Gasteiger partial charge >= 0.3 is 65.1 Å². The molecule has 0 saturated heterocycles. The first-order valence-electron chi connectivity index (χ1n) is 4.59. The Kier molecular flexibility index (Phi) is 7.09. The van der Waals surface area contributed by atoms with Gasteiger partial charge in [-0.15, -0.1) is 11.3 Å². The number of carbonyl (C=O) groups is 1. The number of thiophene rings is 1. The number of H-pyrrole nitrogens is 1. The number of carboxylic acids is 1. The van der Waals surface area contributed by atoms with E-state index in [0.717, 1.165) is 4.88 Å². The standard InChI is InChI=1S/C9H9N3O3S.2Na.2H/c1-2-3-5(10)4-7(13)11-6(9(14)15)12-8(4)16-3;;;;/h2,10H2,1H3,(H,14,15)(H,11,12,13);;;;. The van der Waals surface area contributed by atoms with E-state index in [1.54, 1.807) is 0 Å². The zero-order valence-corrected chi connectivity index (χ0v) is 9.22. The molecule has 2 rings (SSSR count). The van der Waals surface area contributed by atoms with Crippen molar-refractivity contribution in [2.24, 2.45) is 0 Å². The van der Waals surface area contributed by atoms with Crippen LogP contribution in [-0.4, -0.2) is 80.2 Å². The number of aromatic amines is 1. The number of hydrogen-bond acceptors (Lipinski definition) is 5. The van der Waals surface area contributed by atoms with E-state index in [1.807, 2.05) is 6.92 Å². The molecule has 9 heteroatoms. The predicted octanol–water partition coefficient (Wildman–Crippen LogP) is -0.470. The first kappa shape index (κ1) is 18.1. The summed E-state index contributed by atoms with van der Waals surface area (Å²) in [5.74, 6) is -1.62. The van der Waals surface area contributed by atoms with Gasteiger partial charge in [-0.05, 0) is 6.42 Å². The van der Waals surface area contributed by atoms with Gasteiger partial charge in [-0.25, -0.2) is 9.78 Å². The van der Waals surface area contributed by atoms with Crippen LogP contribution in [0.3, 0.4) is 0 Å². The maximum absolute atomic E-state index is 11.6. The van der Waals surface area contributed by atoms with Crippen molar-refractivity contribution in [3.63, 3.8) is 0 Å². The van der Waals surface area contributed by atoms with Crippen LogP contribution >= 0.6 is 11.3 Å². The molecule has 0 aliphatic carbocycles. The minimum atomic E-state index is -1.26. The zero-order valence-electron chi connectivity index (χ0n) is 8.40. The van der Waals surface area contributed by atoms with Crippen LogP contribution in [-0.2, 0) is 6.42 Å². The van der Waals surface area contributed by atoms with Crippen molar-refractivity contribution < 1.29 is 9.90 Å². The summed E-state index contributed by atoms with van der Waals surface area (Å²) in [6.07, 6.45) is 0.689. The van der Waals surface area contributed by atoms with Crippen LogP contribution in [0.5, 0.6) is 0 Å². The Hall–Kier alpha value is 0.110. The van der Waals surface area contributed by atoms with Gasteiger partial charge in [0.05, 0.1) is 11.1 Å². The number of aromatic nitrogens is 2. The van der Waals surface area contributed by atoms with E-state index in [1.165, 1.54) is 11.3 Å². The average molecular weight is 287 g/mol. The van der Waals surface area contributed by atoms with Crippen molar-refractivity contribution in [3.8, 4) is 0 Å². The number of rotatable bonds is 2. The van der Waals surface area contributed by atoms with Crippen molar-refractivity contribution >= 4 is 92.3 Å². The summed E-state index contributed by atoms with van der Waals surface area (Å²) in [6, 6.07) is 0. The SMILES string of the molecule is CCc1sc2nc(C(=O)O)[nH]c(=O)c2c1N.[NaH].[NaH]. The second kappa shape index (κ2) is 7.04. The number of aromatic carboxylic acids is 1. The molecule has 0 aromatic carbocycles. The van der Waals surface area contributed by atoms with Crippen LogP contribution in [0.1, 0.15) is 22.4 Å². The third-order valence-electron chi connectivity index (χ3n) is 2.20. The zero-order chi connectivity index (χ0) is 11.9. The number of hydrogen-bond donors (Lipinski definition) is 3. The van der Waals surface area contributed by atoms with Crippen LogP contribution in [0.2, 0.25) is 0 Å². The molecule has 2 heterocycles. The molecule has 88 valence electrons. The number of aryl methyl sites for hydroxylation is 1. The van der Waals surface area contributed by atoms with Gasteiger partial charge in [0.25, 0.3) is 5.56 Å². The van der Waals surface area contributed by atoms with Gasteiger partial charge in [0, 0.05) is 4.88 Å².